The first-order valence-corrected chi connectivity index (χ1v) is 23.5. The number of nitrogens with zero attached hydrogens (tertiary/aromatic N) is 5. The minimum absolute atomic E-state index is 0. The summed E-state index contributed by atoms with van der Waals surface area (Å²) in [5.74, 6) is 1.18. The highest BCUT2D eigenvalue weighted by molar-refractivity contribution is 6.00. The number of benzene rings is 2. The number of carbonyl (C=O) groups is 4. The standard InChI is InChI=1S/C36H60N8O.C14H17N3O3.H3N/c1-8-35(5,6)33(45)40-19-9-18-39-31(37)24-32(38-7)43-22-16-36(17-23-43)27-44(25-28(2)41-36)30-12-10-29(11-13-30)26-42-20-14-34(3,4)15-21-42;1-9(5-6-13(19)16-8-18)17-7-11-10(14(17)20)3-2-4-12(11)15;/h10-13,24,38,41H,2,8-9,14-23,25-27H2,1,3-7H3,(H2,37,39)(H,40,45);2-4,8-9H,5-7,15H2,1H3,(H,16,18,19);1H3/b32-24+;;. The summed E-state index contributed by atoms with van der Waals surface area (Å²) in [6.07, 6.45) is 9.15. The molecule has 0 bridgehead atoms. The second kappa shape index (κ2) is 23.7. The van der Waals surface area contributed by atoms with E-state index in [1.54, 1.807) is 23.1 Å². The normalized spacial score (nSPS) is 18.9. The van der Waals surface area contributed by atoms with Crippen molar-refractivity contribution >= 4 is 41.3 Å². The van der Waals surface area contributed by atoms with E-state index in [2.05, 4.69) is 85.7 Å². The Labute approximate surface area is 394 Å². The third-order valence-electron chi connectivity index (χ3n) is 13.8. The fourth-order valence-corrected chi connectivity index (χ4v) is 8.90. The van der Waals surface area contributed by atoms with Gasteiger partial charge in [0.15, 0.2) is 0 Å². The van der Waals surface area contributed by atoms with E-state index >= 15 is 0 Å². The van der Waals surface area contributed by atoms with Crippen LogP contribution in [0.4, 0.5) is 11.4 Å². The molecule has 11 N–H and O–H groups in total. The van der Waals surface area contributed by atoms with Crippen LogP contribution in [0.3, 0.4) is 0 Å². The number of nitrogen functional groups attached to an aromatic ring is 1. The van der Waals surface area contributed by atoms with E-state index in [1.807, 2.05) is 40.8 Å². The van der Waals surface area contributed by atoms with Crippen molar-refractivity contribution in [2.24, 2.45) is 21.6 Å². The molecule has 0 radical (unpaired) electrons. The zero-order chi connectivity index (χ0) is 47.4. The highest BCUT2D eigenvalue weighted by atomic mass is 16.2. The van der Waals surface area contributed by atoms with Crippen LogP contribution in [0.2, 0.25) is 0 Å². The van der Waals surface area contributed by atoms with E-state index in [9.17, 15) is 19.2 Å². The lowest BCUT2D eigenvalue weighted by Gasteiger charge is -2.50. The maximum Gasteiger partial charge on any atom is 0.254 e. The van der Waals surface area contributed by atoms with Crippen LogP contribution in [0.15, 0.2) is 71.6 Å². The van der Waals surface area contributed by atoms with Crippen molar-refractivity contribution in [3.63, 3.8) is 0 Å². The molecule has 2 aromatic rings. The van der Waals surface area contributed by atoms with Crippen LogP contribution in [0, 0.1) is 10.8 Å². The summed E-state index contributed by atoms with van der Waals surface area (Å²) in [5, 5.41) is 12.2. The van der Waals surface area contributed by atoms with Crippen molar-refractivity contribution in [1.82, 2.24) is 42.1 Å². The molecular formula is C50H80N12O4. The maximum atomic E-state index is 12.3. The first-order valence-electron chi connectivity index (χ1n) is 23.5. The molecule has 364 valence electrons. The van der Waals surface area contributed by atoms with Gasteiger partial charge in [-0.3, -0.25) is 34.4 Å². The van der Waals surface area contributed by atoms with Crippen molar-refractivity contribution in [1.29, 1.82) is 0 Å². The van der Waals surface area contributed by atoms with E-state index < -0.39 is 0 Å². The second-order valence-corrected chi connectivity index (χ2v) is 19.8. The van der Waals surface area contributed by atoms with E-state index in [0.29, 0.717) is 55.0 Å². The predicted molar refractivity (Wildman–Crippen MR) is 267 cm³/mol. The maximum absolute atomic E-state index is 12.3. The Hall–Kier alpha value is -5.61. The Morgan fingerprint density at radius 3 is 2.33 bits per heavy atom. The van der Waals surface area contributed by atoms with Crippen molar-refractivity contribution in [2.75, 3.05) is 70.0 Å². The van der Waals surface area contributed by atoms with Crippen LogP contribution in [0.25, 0.3) is 0 Å². The molecular weight excluding hydrogens is 833 g/mol. The van der Waals surface area contributed by atoms with Gasteiger partial charge < -0.3 is 48.3 Å². The molecule has 0 aromatic heterocycles. The number of likely N-dealkylation sites (tertiary alicyclic amines) is 2. The number of imide groups is 1. The fraction of sp³-hybridized carbons (Fsp3) is 0.580. The summed E-state index contributed by atoms with van der Waals surface area (Å²) in [6, 6.07) is 14.4. The number of piperidine rings is 2. The van der Waals surface area contributed by atoms with Crippen LogP contribution in [0.1, 0.15) is 114 Å². The molecule has 2 aromatic carbocycles. The number of amidine groups is 1. The Morgan fingerprint density at radius 1 is 1.03 bits per heavy atom. The van der Waals surface area contributed by atoms with Gasteiger partial charge >= 0.3 is 0 Å². The van der Waals surface area contributed by atoms with Crippen molar-refractivity contribution < 1.29 is 19.2 Å². The lowest BCUT2D eigenvalue weighted by molar-refractivity contribution is -0.129. The SMILES string of the molecule is C=C1CN(c2ccc(CN3CCC(C)(C)CC3)cc2)CC2(CCN(/C(=C/C(N)=NCCCNC(=O)C(C)(C)CC)NC)CC2)N1.CC(CCC(=O)NC=O)N1Cc2c(N)cccc2C1=O.N. The zero-order valence-corrected chi connectivity index (χ0v) is 40.9. The quantitative estimate of drug-likeness (QED) is 0.0355. The van der Waals surface area contributed by atoms with E-state index in [0.717, 1.165) is 75.5 Å². The van der Waals surface area contributed by atoms with Gasteiger partial charge in [0.05, 0.1) is 12.1 Å². The summed E-state index contributed by atoms with van der Waals surface area (Å²) < 4.78 is 0. The van der Waals surface area contributed by atoms with Gasteiger partial charge in [-0.1, -0.05) is 59.4 Å². The van der Waals surface area contributed by atoms with Crippen molar-refractivity contribution in [3.05, 3.63) is 83.3 Å². The molecule has 4 aliphatic rings. The summed E-state index contributed by atoms with van der Waals surface area (Å²) in [4.78, 5) is 59.6. The third kappa shape index (κ3) is 14.4. The largest absolute Gasteiger partial charge is 0.398 e. The van der Waals surface area contributed by atoms with E-state index in [1.165, 1.54) is 37.2 Å². The first-order chi connectivity index (χ1) is 30.9. The molecule has 4 heterocycles. The monoisotopic (exact) mass is 913 g/mol. The summed E-state index contributed by atoms with van der Waals surface area (Å²) >= 11 is 0. The highest BCUT2D eigenvalue weighted by Crippen LogP contribution is 2.34. The second-order valence-electron chi connectivity index (χ2n) is 19.8. The summed E-state index contributed by atoms with van der Waals surface area (Å²) in [5.41, 5.74) is 18.2. The molecule has 6 rings (SSSR count). The lowest BCUT2D eigenvalue weighted by atomic mass is 9.82. The predicted octanol–water partition coefficient (Wildman–Crippen LogP) is 5.25. The van der Waals surface area contributed by atoms with Crippen molar-refractivity contribution in [2.45, 2.75) is 118 Å². The average Bonchev–Trinajstić information content (AvgIpc) is 3.63. The lowest BCUT2D eigenvalue weighted by Crippen LogP contribution is -2.63. The van der Waals surface area contributed by atoms with Crippen LogP contribution in [-0.4, -0.2) is 116 Å². The van der Waals surface area contributed by atoms with Gasteiger partial charge in [-0.15, -0.1) is 0 Å². The molecule has 1 spiro atoms. The highest BCUT2D eigenvalue weighted by Gasteiger charge is 2.40. The molecule has 0 aliphatic carbocycles. The molecule has 3 saturated heterocycles. The summed E-state index contributed by atoms with van der Waals surface area (Å²) in [7, 11) is 1.94. The molecule has 1 unspecified atom stereocenters. The van der Waals surface area contributed by atoms with Gasteiger partial charge in [0.2, 0.25) is 18.2 Å². The molecule has 66 heavy (non-hydrogen) atoms. The number of amides is 4. The van der Waals surface area contributed by atoms with Crippen LogP contribution in [-0.2, 0) is 27.5 Å². The number of carbonyl (C=O) groups excluding carboxylic acids is 4. The minimum Gasteiger partial charge on any atom is -0.398 e. The van der Waals surface area contributed by atoms with Crippen LogP contribution < -0.4 is 43.8 Å². The number of piperazine rings is 1. The van der Waals surface area contributed by atoms with Gasteiger partial charge in [0.1, 0.15) is 11.7 Å². The van der Waals surface area contributed by atoms with Gasteiger partial charge in [0, 0.05) is 105 Å². The Bertz CT molecular complexity index is 2030. The topological polar surface area (TPSA) is 229 Å². The first kappa shape index (κ1) is 53.0. The Morgan fingerprint density at radius 2 is 1.71 bits per heavy atom. The van der Waals surface area contributed by atoms with Gasteiger partial charge in [-0.25, -0.2) is 0 Å². The molecule has 16 heteroatoms. The number of hydrogen-bond acceptors (Lipinski definition) is 12. The molecule has 1 atom stereocenters. The van der Waals surface area contributed by atoms with Gasteiger partial charge in [-0.05, 0) is 100 Å². The molecule has 3 fully saturated rings. The number of aliphatic imine (C=N–C) groups is 1. The summed E-state index contributed by atoms with van der Waals surface area (Å²) in [6.45, 7) is 25.7. The number of anilines is 2. The smallest absolute Gasteiger partial charge is 0.254 e. The zero-order valence-electron chi connectivity index (χ0n) is 40.9. The van der Waals surface area contributed by atoms with Crippen LogP contribution >= 0.6 is 0 Å². The molecule has 4 amide bonds. The number of nitrogens with two attached hydrogens (primary N) is 2. The third-order valence-corrected chi connectivity index (χ3v) is 13.8. The van der Waals surface area contributed by atoms with E-state index in [-0.39, 0.29) is 47.3 Å². The fourth-order valence-electron chi connectivity index (χ4n) is 8.90. The number of rotatable bonds is 17. The molecule has 16 nitrogen and oxygen atoms in total. The molecule has 4 aliphatic heterocycles. The Kier molecular flexibility index (Phi) is 19.1. The van der Waals surface area contributed by atoms with Crippen LogP contribution in [0.5, 0.6) is 0 Å². The van der Waals surface area contributed by atoms with Crippen molar-refractivity contribution in [3.8, 4) is 0 Å². The number of fused-ring (bicyclic) bond motifs is 1. The van der Waals surface area contributed by atoms with Gasteiger partial charge in [0.25, 0.3) is 5.91 Å². The average molecular weight is 913 g/mol. The van der Waals surface area contributed by atoms with E-state index in [4.69, 9.17) is 11.5 Å². The number of nitrogens with one attached hydrogen (secondary N) is 4. The Balaban J connectivity index is 0.000000378. The minimum atomic E-state index is -0.339. The molecule has 0 saturated carbocycles. The van der Waals surface area contributed by atoms with Gasteiger partial charge in [-0.2, -0.15) is 0 Å². The number of hydrogen-bond donors (Lipinski definition) is 7.